The molecule has 2 aromatic carbocycles. The van der Waals surface area contributed by atoms with Gasteiger partial charge in [-0.3, -0.25) is 4.79 Å². The van der Waals surface area contributed by atoms with Gasteiger partial charge in [-0.25, -0.2) is 4.98 Å². The molecule has 0 bridgehead atoms. The largest absolute Gasteiger partial charge is 0.497 e. The van der Waals surface area contributed by atoms with Gasteiger partial charge in [0.25, 0.3) is 0 Å². The van der Waals surface area contributed by atoms with Gasteiger partial charge in [-0.1, -0.05) is 12.7 Å². The van der Waals surface area contributed by atoms with E-state index in [0.29, 0.717) is 0 Å². The predicted octanol–water partition coefficient (Wildman–Crippen LogP) is 5.69. The number of hydrogen-bond donors (Lipinski definition) is 0. The highest BCUT2D eigenvalue weighted by Gasteiger charge is 2.19. The molecule has 168 valence electrons. The van der Waals surface area contributed by atoms with Gasteiger partial charge in [-0.15, -0.1) is 11.3 Å². The van der Waals surface area contributed by atoms with E-state index in [1.54, 1.807) is 31.6 Å². The number of nitrogens with zero attached hydrogens (tertiary/aromatic N) is 2. The van der Waals surface area contributed by atoms with E-state index in [2.05, 4.69) is 6.58 Å². The Morgan fingerprint density at radius 3 is 2.24 bits per heavy atom. The molecule has 4 aromatic rings. The molecule has 2 heterocycles. The number of methoxy groups -OCH3 is 2. The summed E-state index contributed by atoms with van der Waals surface area (Å²) in [6, 6.07) is 19.6. The van der Waals surface area contributed by atoms with Crippen molar-refractivity contribution in [3.05, 3.63) is 79.5 Å². The van der Waals surface area contributed by atoms with E-state index in [0.717, 1.165) is 43.9 Å². The Bertz CT molecular complexity index is 1180. The van der Waals surface area contributed by atoms with Crippen molar-refractivity contribution in [1.82, 2.24) is 9.55 Å². The minimum absolute atomic E-state index is 0.103. The van der Waals surface area contributed by atoms with Gasteiger partial charge in [0.2, 0.25) is 0 Å². The van der Waals surface area contributed by atoms with Crippen LogP contribution in [0, 0.1) is 0 Å². The maximum atomic E-state index is 12.2. The Labute approximate surface area is 196 Å². The summed E-state index contributed by atoms with van der Waals surface area (Å²) in [6.45, 7) is 3.87. The molecule has 0 saturated carbocycles. The van der Waals surface area contributed by atoms with Crippen molar-refractivity contribution in [1.29, 1.82) is 0 Å². The van der Waals surface area contributed by atoms with Gasteiger partial charge in [0.1, 0.15) is 29.7 Å². The number of carbonyl (C=O) groups excluding carboxylic acids is 1. The van der Waals surface area contributed by atoms with Crippen molar-refractivity contribution in [3.63, 3.8) is 0 Å². The van der Waals surface area contributed by atoms with Crippen LogP contribution in [-0.4, -0.2) is 36.3 Å². The van der Waals surface area contributed by atoms with E-state index in [4.69, 9.17) is 19.2 Å². The standard InChI is InChI=1S/C26H24N2O4S/c1-4-16-32-23(29)17-28-15-5-6-22(28)26-27-24(18-7-11-20(30-2)12-8-18)25(33-26)19-9-13-21(31-3)14-10-19/h4-15H,1,16-17H2,2-3H3. The molecule has 2 aromatic heterocycles. The van der Waals surface area contributed by atoms with E-state index < -0.39 is 0 Å². The van der Waals surface area contributed by atoms with Gasteiger partial charge in [0.05, 0.1) is 30.5 Å². The Morgan fingerprint density at radius 2 is 1.64 bits per heavy atom. The molecular formula is C26H24N2O4S. The lowest BCUT2D eigenvalue weighted by molar-refractivity contribution is -0.143. The van der Waals surface area contributed by atoms with E-state index in [1.165, 1.54) is 0 Å². The van der Waals surface area contributed by atoms with E-state index in [-0.39, 0.29) is 19.1 Å². The number of rotatable bonds is 9. The number of esters is 1. The zero-order valence-electron chi connectivity index (χ0n) is 18.5. The van der Waals surface area contributed by atoms with Crippen molar-refractivity contribution in [2.24, 2.45) is 0 Å². The molecule has 6 nitrogen and oxygen atoms in total. The van der Waals surface area contributed by atoms with Crippen molar-refractivity contribution in [2.75, 3.05) is 20.8 Å². The average Bonchev–Trinajstić information content (AvgIpc) is 3.50. The van der Waals surface area contributed by atoms with Gasteiger partial charge in [0.15, 0.2) is 0 Å². The Balaban J connectivity index is 1.76. The molecule has 0 spiro atoms. The van der Waals surface area contributed by atoms with Crippen LogP contribution in [0.25, 0.3) is 32.4 Å². The van der Waals surface area contributed by atoms with Crippen molar-refractivity contribution in [2.45, 2.75) is 6.54 Å². The first kappa shape index (κ1) is 22.4. The second-order valence-electron chi connectivity index (χ2n) is 7.15. The highest BCUT2D eigenvalue weighted by atomic mass is 32.1. The molecule has 0 atom stereocenters. The third-order valence-corrected chi connectivity index (χ3v) is 6.18. The third-order valence-electron chi connectivity index (χ3n) is 5.05. The lowest BCUT2D eigenvalue weighted by Crippen LogP contribution is -2.13. The molecule has 0 aliphatic rings. The van der Waals surface area contributed by atoms with E-state index in [9.17, 15) is 4.79 Å². The molecule has 0 aliphatic carbocycles. The van der Waals surface area contributed by atoms with E-state index in [1.807, 2.05) is 71.4 Å². The molecule has 0 N–H and O–H groups in total. The normalized spacial score (nSPS) is 10.6. The summed E-state index contributed by atoms with van der Waals surface area (Å²) in [5, 5.41) is 0.813. The molecule has 7 heteroatoms. The molecule has 0 amide bonds. The first-order valence-corrected chi connectivity index (χ1v) is 11.2. The summed E-state index contributed by atoms with van der Waals surface area (Å²) >= 11 is 1.58. The van der Waals surface area contributed by atoms with Crippen molar-refractivity contribution >= 4 is 17.3 Å². The molecular weight excluding hydrogens is 436 g/mol. The molecule has 0 aliphatic heterocycles. The number of aromatic nitrogens is 2. The fraction of sp³-hybridized carbons (Fsp3) is 0.154. The van der Waals surface area contributed by atoms with Crippen molar-refractivity contribution in [3.8, 4) is 43.9 Å². The van der Waals surface area contributed by atoms with Gasteiger partial charge < -0.3 is 18.8 Å². The fourth-order valence-corrected chi connectivity index (χ4v) is 4.53. The zero-order chi connectivity index (χ0) is 23.2. The third kappa shape index (κ3) is 4.99. The average molecular weight is 461 g/mol. The minimum Gasteiger partial charge on any atom is -0.497 e. The van der Waals surface area contributed by atoms with Crippen molar-refractivity contribution < 1.29 is 19.0 Å². The van der Waals surface area contributed by atoms with Crippen LogP contribution in [0.15, 0.2) is 79.5 Å². The summed E-state index contributed by atoms with van der Waals surface area (Å²) in [4.78, 5) is 18.2. The number of carbonyl (C=O) groups is 1. The summed E-state index contributed by atoms with van der Waals surface area (Å²) in [5.74, 6) is 1.25. The van der Waals surface area contributed by atoms with Crippen LogP contribution < -0.4 is 9.47 Å². The summed E-state index contributed by atoms with van der Waals surface area (Å²) in [5.41, 5.74) is 3.73. The maximum Gasteiger partial charge on any atom is 0.326 e. The van der Waals surface area contributed by atoms with Crippen LogP contribution in [0.3, 0.4) is 0 Å². The second-order valence-corrected chi connectivity index (χ2v) is 8.15. The summed E-state index contributed by atoms with van der Waals surface area (Å²) in [6.07, 6.45) is 3.41. The Kier molecular flexibility index (Phi) is 6.90. The van der Waals surface area contributed by atoms with Gasteiger partial charge in [-0.2, -0.15) is 0 Å². The first-order chi connectivity index (χ1) is 16.1. The first-order valence-electron chi connectivity index (χ1n) is 10.3. The monoisotopic (exact) mass is 460 g/mol. The summed E-state index contributed by atoms with van der Waals surface area (Å²) < 4.78 is 17.6. The smallest absolute Gasteiger partial charge is 0.326 e. The highest BCUT2D eigenvalue weighted by Crippen LogP contribution is 2.41. The lowest BCUT2D eigenvalue weighted by Gasteiger charge is -2.06. The Morgan fingerprint density at radius 1 is 1.00 bits per heavy atom. The van der Waals surface area contributed by atoms with Crippen LogP contribution >= 0.6 is 11.3 Å². The van der Waals surface area contributed by atoms with Gasteiger partial charge in [0, 0.05) is 11.8 Å². The molecule has 0 radical (unpaired) electrons. The number of ether oxygens (including phenoxy) is 3. The topological polar surface area (TPSA) is 62.6 Å². The number of thiazole rings is 1. The highest BCUT2D eigenvalue weighted by molar-refractivity contribution is 7.18. The molecule has 0 unspecified atom stereocenters. The van der Waals surface area contributed by atoms with E-state index >= 15 is 0 Å². The number of benzene rings is 2. The Hall–Kier alpha value is -3.84. The van der Waals surface area contributed by atoms with Crippen LogP contribution in [0.1, 0.15) is 0 Å². The van der Waals surface area contributed by atoms with Gasteiger partial charge in [-0.05, 0) is 66.2 Å². The van der Waals surface area contributed by atoms with Crippen LogP contribution in [0.2, 0.25) is 0 Å². The van der Waals surface area contributed by atoms with Crippen LogP contribution in [0.4, 0.5) is 0 Å². The van der Waals surface area contributed by atoms with Crippen LogP contribution in [0.5, 0.6) is 11.5 Å². The molecule has 0 saturated heterocycles. The fourth-order valence-electron chi connectivity index (χ4n) is 3.40. The minimum atomic E-state index is -0.324. The quantitative estimate of drug-likeness (QED) is 0.237. The second kappa shape index (κ2) is 10.2. The molecule has 33 heavy (non-hydrogen) atoms. The van der Waals surface area contributed by atoms with Crippen LogP contribution in [-0.2, 0) is 16.1 Å². The lowest BCUT2D eigenvalue weighted by atomic mass is 10.1. The molecule has 0 fully saturated rings. The SMILES string of the molecule is C=CCOC(=O)Cn1cccc1-c1nc(-c2ccc(OC)cc2)c(-c2ccc(OC)cc2)s1. The zero-order valence-corrected chi connectivity index (χ0v) is 19.3. The summed E-state index contributed by atoms with van der Waals surface area (Å²) in [7, 11) is 3.30. The predicted molar refractivity (Wildman–Crippen MR) is 131 cm³/mol. The maximum absolute atomic E-state index is 12.2. The molecule has 4 rings (SSSR count). The van der Waals surface area contributed by atoms with Gasteiger partial charge >= 0.3 is 5.97 Å². The number of hydrogen-bond acceptors (Lipinski definition) is 6.